The predicted molar refractivity (Wildman–Crippen MR) is 249 cm³/mol. The number of aryl methyl sites for hydroxylation is 1. The van der Waals surface area contributed by atoms with Gasteiger partial charge in [0.25, 0.3) is 0 Å². The van der Waals surface area contributed by atoms with Gasteiger partial charge in [-0.3, -0.25) is 4.99 Å². The highest BCUT2D eigenvalue weighted by Gasteiger charge is 2.35. The Morgan fingerprint density at radius 1 is 0.542 bits per heavy atom. The molecule has 0 bridgehead atoms. The van der Waals surface area contributed by atoms with Crippen molar-refractivity contribution in [1.82, 2.24) is 4.57 Å². The number of benzene rings is 7. The van der Waals surface area contributed by atoms with Gasteiger partial charge < -0.3 is 4.57 Å². The van der Waals surface area contributed by atoms with Crippen molar-refractivity contribution in [1.29, 1.82) is 0 Å². The molecule has 1 atom stereocenters. The summed E-state index contributed by atoms with van der Waals surface area (Å²) in [4.78, 5) is 5.50. The van der Waals surface area contributed by atoms with Crippen molar-refractivity contribution in [3.05, 3.63) is 215 Å². The van der Waals surface area contributed by atoms with Crippen LogP contribution in [0.1, 0.15) is 61.2 Å². The summed E-state index contributed by atoms with van der Waals surface area (Å²) in [6.07, 6.45) is 4.32. The molecule has 2 aliphatic carbocycles. The topological polar surface area (TPSA) is 17.3 Å². The second-order valence-electron chi connectivity index (χ2n) is 17.1. The molecule has 0 saturated heterocycles. The van der Waals surface area contributed by atoms with Crippen LogP contribution in [-0.2, 0) is 18.3 Å². The standard InChI is InChI=1S/C57H46N2/c1-36-37(2)56(40-20-9-6-10-21-40)58-50(39-18-7-5-8-19-39)35-53(36)59-51-28-16-26-45(55(51)54-44-24-12-11-17-38(44)30-32-52(54)59)43-23-15-22-41(33-43)42-29-31-49-47(34-42)46-25-13-14-27-48(46)57(49,3)4/h5-29,31,33-35,37H,30,32H2,1-4H3. The van der Waals surface area contributed by atoms with Crippen molar-refractivity contribution in [2.45, 2.75) is 46.0 Å². The van der Waals surface area contributed by atoms with Gasteiger partial charge in [0.2, 0.25) is 0 Å². The lowest BCUT2D eigenvalue weighted by Crippen LogP contribution is -2.16. The van der Waals surface area contributed by atoms with Crippen molar-refractivity contribution >= 4 is 28.0 Å². The van der Waals surface area contributed by atoms with E-state index in [0.717, 1.165) is 35.4 Å². The quantitative estimate of drug-likeness (QED) is 0.166. The Balaban J connectivity index is 1.13. The molecule has 0 saturated carbocycles. The molecule has 2 heteroatoms. The number of fused-ring (bicyclic) bond motifs is 8. The SMILES string of the molecule is CC1=C(n2c3c(c4c(-c5cccc(-c6ccc7c(c6)-c6ccccc6C7(C)C)c5)cccc42)-c2ccccc2CC3)C=C(c2ccccc2)N=C(c2ccccc2)C1C. The molecular weight excluding hydrogens is 713 g/mol. The lowest BCUT2D eigenvalue weighted by molar-refractivity contribution is 0.660. The Morgan fingerprint density at radius 3 is 1.98 bits per heavy atom. The molecular formula is C57H46N2. The van der Waals surface area contributed by atoms with Crippen molar-refractivity contribution in [3.8, 4) is 44.5 Å². The molecule has 2 nitrogen and oxygen atoms in total. The van der Waals surface area contributed by atoms with Gasteiger partial charge in [0.15, 0.2) is 0 Å². The normalized spacial score (nSPS) is 16.4. The third-order valence-corrected chi connectivity index (χ3v) is 13.5. The number of nitrogens with zero attached hydrogens (tertiary/aromatic N) is 2. The second kappa shape index (κ2) is 13.7. The largest absolute Gasteiger partial charge is 0.313 e. The van der Waals surface area contributed by atoms with Crippen LogP contribution in [0.3, 0.4) is 0 Å². The van der Waals surface area contributed by atoms with Crippen LogP contribution in [0.4, 0.5) is 0 Å². The zero-order valence-electron chi connectivity index (χ0n) is 34.1. The van der Waals surface area contributed by atoms with Crippen LogP contribution in [0.2, 0.25) is 0 Å². The van der Waals surface area contributed by atoms with Crippen LogP contribution in [-0.4, -0.2) is 10.3 Å². The molecule has 0 fully saturated rings. The summed E-state index contributed by atoms with van der Waals surface area (Å²) in [7, 11) is 0. The summed E-state index contributed by atoms with van der Waals surface area (Å²) in [5.41, 5.74) is 24.1. The van der Waals surface area contributed by atoms with Crippen molar-refractivity contribution < 1.29 is 0 Å². The first kappa shape index (κ1) is 35.4. The van der Waals surface area contributed by atoms with Gasteiger partial charge in [0.05, 0.1) is 16.9 Å². The maximum Gasteiger partial charge on any atom is 0.0726 e. The van der Waals surface area contributed by atoms with E-state index < -0.39 is 0 Å². The molecule has 0 radical (unpaired) electrons. The Bertz CT molecular complexity index is 3080. The summed E-state index contributed by atoms with van der Waals surface area (Å²) < 4.78 is 2.60. The van der Waals surface area contributed by atoms with Crippen LogP contribution < -0.4 is 0 Å². The fourth-order valence-corrected chi connectivity index (χ4v) is 10.3. The predicted octanol–water partition coefficient (Wildman–Crippen LogP) is 14.5. The number of aliphatic imine (C=N–C) groups is 1. The van der Waals surface area contributed by atoms with E-state index >= 15 is 0 Å². The molecule has 11 rings (SSSR count). The number of hydrogen-bond acceptors (Lipinski definition) is 1. The molecule has 0 amide bonds. The lowest BCUT2D eigenvalue weighted by atomic mass is 9.82. The van der Waals surface area contributed by atoms with Gasteiger partial charge in [0.1, 0.15) is 0 Å². The van der Waals surface area contributed by atoms with Gasteiger partial charge in [-0.05, 0) is 111 Å². The molecule has 0 spiro atoms. The van der Waals surface area contributed by atoms with Crippen LogP contribution in [0, 0.1) is 5.92 Å². The van der Waals surface area contributed by atoms with E-state index in [9.17, 15) is 0 Å². The van der Waals surface area contributed by atoms with Gasteiger partial charge in [-0.1, -0.05) is 172 Å². The zero-order valence-corrected chi connectivity index (χ0v) is 34.1. The lowest BCUT2D eigenvalue weighted by Gasteiger charge is -2.22. The maximum atomic E-state index is 5.50. The van der Waals surface area contributed by atoms with Crippen molar-refractivity contribution in [3.63, 3.8) is 0 Å². The van der Waals surface area contributed by atoms with E-state index in [1.165, 1.54) is 89.1 Å². The van der Waals surface area contributed by atoms with Gasteiger partial charge in [-0.25, -0.2) is 0 Å². The summed E-state index contributed by atoms with van der Waals surface area (Å²) >= 11 is 0. The summed E-state index contributed by atoms with van der Waals surface area (Å²) in [6, 6.07) is 62.7. The number of allylic oxidation sites excluding steroid dienone is 3. The van der Waals surface area contributed by atoms with E-state index in [2.05, 4.69) is 208 Å². The van der Waals surface area contributed by atoms with E-state index in [1.54, 1.807) is 0 Å². The van der Waals surface area contributed by atoms with Gasteiger partial charge in [0, 0.05) is 39.2 Å². The van der Waals surface area contributed by atoms with Gasteiger partial charge in [-0.15, -0.1) is 0 Å². The molecule has 2 heterocycles. The molecule has 284 valence electrons. The molecule has 0 N–H and O–H groups in total. The highest BCUT2D eigenvalue weighted by molar-refractivity contribution is 6.12. The summed E-state index contributed by atoms with van der Waals surface area (Å²) in [6.45, 7) is 9.35. The van der Waals surface area contributed by atoms with Crippen LogP contribution in [0.15, 0.2) is 186 Å². The fraction of sp³-hybridized carbons (Fsp3) is 0.140. The molecule has 1 aromatic heterocycles. The highest BCUT2D eigenvalue weighted by Crippen LogP contribution is 2.51. The van der Waals surface area contributed by atoms with E-state index in [1.807, 2.05) is 0 Å². The first-order valence-electron chi connectivity index (χ1n) is 21.1. The Morgan fingerprint density at radius 2 is 1.17 bits per heavy atom. The number of rotatable bonds is 5. The third kappa shape index (κ3) is 5.58. The molecule has 1 unspecified atom stereocenters. The first-order chi connectivity index (χ1) is 28.9. The van der Waals surface area contributed by atoms with Gasteiger partial charge in [-0.2, -0.15) is 0 Å². The zero-order chi connectivity index (χ0) is 39.8. The monoisotopic (exact) mass is 758 g/mol. The maximum absolute atomic E-state index is 5.50. The highest BCUT2D eigenvalue weighted by atomic mass is 15.0. The molecule has 7 aromatic carbocycles. The third-order valence-electron chi connectivity index (χ3n) is 13.5. The average molecular weight is 759 g/mol. The first-order valence-corrected chi connectivity index (χ1v) is 21.1. The minimum Gasteiger partial charge on any atom is -0.313 e. The van der Waals surface area contributed by atoms with E-state index in [4.69, 9.17) is 4.99 Å². The summed E-state index contributed by atoms with van der Waals surface area (Å²) in [5, 5.41) is 1.31. The Labute approximate surface area is 347 Å². The molecule has 1 aliphatic heterocycles. The number of hydrogen-bond donors (Lipinski definition) is 0. The Kier molecular flexibility index (Phi) is 8.20. The average Bonchev–Trinajstić information content (AvgIpc) is 3.70. The van der Waals surface area contributed by atoms with Crippen LogP contribution in [0.5, 0.6) is 0 Å². The number of aromatic nitrogens is 1. The Hall–Kier alpha value is -6.77. The minimum absolute atomic E-state index is 0.0142. The minimum atomic E-state index is -0.0142. The van der Waals surface area contributed by atoms with Crippen molar-refractivity contribution in [2.75, 3.05) is 0 Å². The van der Waals surface area contributed by atoms with E-state index in [-0.39, 0.29) is 11.3 Å². The van der Waals surface area contributed by atoms with Gasteiger partial charge >= 0.3 is 0 Å². The molecule has 3 aliphatic rings. The second-order valence-corrected chi connectivity index (χ2v) is 17.1. The summed E-state index contributed by atoms with van der Waals surface area (Å²) in [5.74, 6) is 0.0959. The fourth-order valence-electron chi connectivity index (χ4n) is 10.3. The van der Waals surface area contributed by atoms with Crippen LogP contribution in [0.25, 0.3) is 66.8 Å². The van der Waals surface area contributed by atoms with Crippen molar-refractivity contribution in [2.24, 2.45) is 10.9 Å². The van der Waals surface area contributed by atoms with Crippen LogP contribution >= 0.6 is 0 Å². The van der Waals surface area contributed by atoms with E-state index in [0.29, 0.717) is 0 Å². The molecule has 8 aromatic rings. The molecule has 59 heavy (non-hydrogen) atoms. The smallest absolute Gasteiger partial charge is 0.0726 e.